The Morgan fingerprint density at radius 3 is 2.55 bits per heavy atom. The fraction of sp³-hybridized carbons (Fsp3) is 0.867. The van der Waals surface area contributed by atoms with Crippen molar-refractivity contribution in [3.8, 4) is 0 Å². The molecule has 0 aromatic rings. The van der Waals surface area contributed by atoms with E-state index in [0.717, 1.165) is 12.8 Å². The number of nitrogens with one attached hydrogen (secondary N) is 1. The van der Waals surface area contributed by atoms with E-state index in [1.165, 1.54) is 0 Å². The Bertz CT molecular complexity index is 381. The number of carbonyl (C=O) groups excluding carboxylic acids is 2. The molecule has 7 nitrogen and oxygen atoms in total. The minimum atomic E-state index is -0.524. The zero-order valence-corrected chi connectivity index (χ0v) is 14.2. The second kappa shape index (κ2) is 8.22. The van der Waals surface area contributed by atoms with E-state index in [9.17, 15) is 9.59 Å². The van der Waals surface area contributed by atoms with Crippen molar-refractivity contribution < 1.29 is 14.3 Å². The lowest BCUT2D eigenvalue weighted by atomic mass is 10.1. The van der Waals surface area contributed by atoms with Crippen LogP contribution in [0.25, 0.3) is 0 Å². The molecule has 1 atom stereocenters. The Balaban J connectivity index is 2.56. The van der Waals surface area contributed by atoms with Crippen LogP contribution in [-0.4, -0.2) is 66.3 Å². The van der Waals surface area contributed by atoms with Gasteiger partial charge in [-0.1, -0.05) is 13.3 Å². The molecule has 1 fully saturated rings. The topological polar surface area (TPSA) is 87.9 Å². The average Bonchev–Trinajstić information content (AvgIpc) is 2.44. The second-order valence-electron chi connectivity index (χ2n) is 6.59. The zero-order valence-electron chi connectivity index (χ0n) is 14.2. The zero-order chi connectivity index (χ0) is 16.8. The van der Waals surface area contributed by atoms with E-state index in [0.29, 0.717) is 32.7 Å². The van der Waals surface area contributed by atoms with Gasteiger partial charge in [0.15, 0.2) is 0 Å². The first-order chi connectivity index (χ1) is 10.3. The monoisotopic (exact) mass is 314 g/mol. The lowest BCUT2D eigenvalue weighted by Gasteiger charge is -2.41. The molecule has 0 saturated carbocycles. The van der Waals surface area contributed by atoms with Gasteiger partial charge in [-0.05, 0) is 27.2 Å². The predicted octanol–water partition coefficient (Wildman–Crippen LogP) is 1.38. The molecule has 3 N–H and O–H groups in total. The smallest absolute Gasteiger partial charge is 0.410 e. The number of unbranched alkanes of at least 4 members (excludes halogenated alkanes) is 1. The van der Waals surface area contributed by atoms with Gasteiger partial charge in [0.1, 0.15) is 5.60 Å². The van der Waals surface area contributed by atoms with Crippen LogP contribution < -0.4 is 11.1 Å². The Morgan fingerprint density at radius 1 is 1.32 bits per heavy atom. The molecule has 0 aromatic carbocycles. The Labute approximate surface area is 133 Å². The first-order valence-electron chi connectivity index (χ1n) is 8.01. The maximum Gasteiger partial charge on any atom is 0.410 e. The van der Waals surface area contributed by atoms with Gasteiger partial charge in [-0.25, -0.2) is 9.59 Å². The number of nitrogens with two attached hydrogens (primary N) is 1. The highest BCUT2D eigenvalue weighted by molar-refractivity contribution is 5.75. The third-order valence-electron chi connectivity index (χ3n) is 3.47. The number of hydrogen-bond donors (Lipinski definition) is 2. The SMILES string of the molecule is CCCCNC(=O)N1CCN(C(=O)OC(C)(C)C)CC1CN. The molecule has 1 aliphatic rings. The molecule has 1 aliphatic heterocycles. The summed E-state index contributed by atoms with van der Waals surface area (Å²) in [5.74, 6) is 0. The molecular weight excluding hydrogens is 284 g/mol. The summed E-state index contributed by atoms with van der Waals surface area (Å²) in [6.07, 6.45) is 1.64. The lowest BCUT2D eigenvalue weighted by Crippen LogP contribution is -2.61. The minimum absolute atomic E-state index is 0.104. The molecule has 1 heterocycles. The number of rotatable bonds is 4. The van der Waals surface area contributed by atoms with E-state index in [4.69, 9.17) is 10.5 Å². The second-order valence-corrected chi connectivity index (χ2v) is 6.59. The summed E-state index contributed by atoms with van der Waals surface area (Å²) in [5, 5.41) is 2.90. The Hall–Kier alpha value is -1.50. The van der Waals surface area contributed by atoms with Crippen LogP contribution in [-0.2, 0) is 4.74 Å². The number of piperazine rings is 1. The molecule has 0 aliphatic carbocycles. The summed E-state index contributed by atoms with van der Waals surface area (Å²) in [6, 6.07) is -0.282. The van der Waals surface area contributed by atoms with Gasteiger partial charge in [0.2, 0.25) is 0 Å². The van der Waals surface area contributed by atoms with Gasteiger partial charge in [0, 0.05) is 32.7 Å². The summed E-state index contributed by atoms with van der Waals surface area (Å²) < 4.78 is 5.37. The van der Waals surface area contributed by atoms with E-state index in [-0.39, 0.29) is 18.2 Å². The van der Waals surface area contributed by atoms with Crippen LogP contribution in [0.15, 0.2) is 0 Å². The van der Waals surface area contributed by atoms with Crippen molar-refractivity contribution in [1.29, 1.82) is 0 Å². The lowest BCUT2D eigenvalue weighted by molar-refractivity contribution is 0.00979. The van der Waals surface area contributed by atoms with Gasteiger partial charge in [0.25, 0.3) is 0 Å². The van der Waals surface area contributed by atoms with Crippen LogP contribution in [0.5, 0.6) is 0 Å². The maximum atomic E-state index is 12.2. The first kappa shape index (κ1) is 18.5. The third kappa shape index (κ3) is 5.71. The highest BCUT2D eigenvalue weighted by atomic mass is 16.6. The Morgan fingerprint density at radius 2 is 2.00 bits per heavy atom. The molecule has 7 heteroatoms. The van der Waals surface area contributed by atoms with E-state index >= 15 is 0 Å². The molecule has 0 spiro atoms. The molecule has 128 valence electrons. The summed E-state index contributed by atoms with van der Waals surface area (Å²) in [5.41, 5.74) is 5.25. The van der Waals surface area contributed by atoms with Gasteiger partial charge in [-0.3, -0.25) is 0 Å². The van der Waals surface area contributed by atoms with Gasteiger partial charge >= 0.3 is 12.1 Å². The quantitative estimate of drug-likeness (QED) is 0.767. The summed E-state index contributed by atoms with van der Waals surface area (Å²) in [6.45, 7) is 9.92. The van der Waals surface area contributed by atoms with E-state index < -0.39 is 5.60 Å². The predicted molar refractivity (Wildman–Crippen MR) is 85.7 cm³/mol. The van der Waals surface area contributed by atoms with Crippen molar-refractivity contribution in [3.05, 3.63) is 0 Å². The van der Waals surface area contributed by atoms with Crippen LogP contribution in [0.3, 0.4) is 0 Å². The van der Waals surface area contributed by atoms with Gasteiger partial charge in [-0.2, -0.15) is 0 Å². The van der Waals surface area contributed by atoms with Crippen molar-refractivity contribution in [2.45, 2.75) is 52.2 Å². The van der Waals surface area contributed by atoms with Crippen molar-refractivity contribution in [2.24, 2.45) is 5.73 Å². The first-order valence-corrected chi connectivity index (χ1v) is 8.01. The van der Waals surface area contributed by atoms with Crippen molar-refractivity contribution in [2.75, 3.05) is 32.7 Å². The molecule has 0 bridgehead atoms. The number of nitrogens with zero attached hydrogens (tertiary/aromatic N) is 2. The van der Waals surface area contributed by atoms with Crippen molar-refractivity contribution >= 4 is 12.1 Å². The fourth-order valence-corrected chi connectivity index (χ4v) is 2.29. The maximum absolute atomic E-state index is 12.2. The summed E-state index contributed by atoms with van der Waals surface area (Å²) in [7, 11) is 0. The molecule has 1 unspecified atom stereocenters. The number of hydrogen-bond acceptors (Lipinski definition) is 4. The number of carbonyl (C=O) groups is 2. The average molecular weight is 314 g/mol. The van der Waals surface area contributed by atoms with Crippen LogP contribution in [0.2, 0.25) is 0 Å². The van der Waals surface area contributed by atoms with Gasteiger partial charge in [0.05, 0.1) is 6.04 Å². The van der Waals surface area contributed by atoms with Crippen LogP contribution in [0, 0.1) is 0 Å². The molecule has 0 radical (unpaired) electrons. The number of ether oxygens (including phenoxy) is 1. The van der Waals surface area contributed by atoms with E-state index in [1.807, 2.05) is 20.8 Å². The standard InChI is InChI=1S/C15H30N4O3/c1-5-6-7-17-13(20)19-9-8-18(11-12(19)10-16)14(21)22-15(2,3)4/h12H,5-11,16H2,1-4H3,(H,17,20). The van der Waals surface area contributed by atoms with Crippen LogP contribution in [0.1, 0.15) is 40.5 Å². The van der Waals surface area contributed by atoms with Crippen LogP contribution >= 0.6 is 0 Å². The normalized spacial score (nSPS) is 19.0. The highest BCUT2D eigenvalue weighted by Crippen LogP contribution is 2.14. The summed E-state index contributed by atoms with van der Waals surface area (Å²) in [4.78, 5) is 27.6. The minimum Gasteiger partial charge on any atom is -0.444 e. The Kier molecular flexibility index (Phi) is 6.93. The third-order valence-corrected chi connectivity index (χ3v) is 3.47. The highest BCUT2D eigenvalue weighted by Gasteiger charge is 2.33. The molecular formula is C15H30N4O3. The van der Waals surface area contributed by atoms with Gasteiger partial charge < -0.3 is 25.6 Å². The molecule has 22 heavy (non-hydrogen) atoms. The molecule has 0 aromatic heterocycles. The van der Waals surface area contributed by atoms with Gasteiger partial charge in [-0.15, -0.1) is 0 Å². The summed E-state index contributed by atoms with van der Waals surface area (Å²) >= 11 is 0. The fourth-order valence-electron chi connectivity index (χ4n) is 2.29. The molecule has 3 amide bonds. The number of urea groups is 1. The van der Waals surface area contributed by atoms with Crippen molar-refractivity contribution in [1.82, 2.24) is 15.1 Å². The number of amides is 3. The van der Waals surface area contributed by atoms with E-state index in [1.54, 1.807) is 9.80 Å². The largest absolute Gasteiger partial charge is 0.444 e. The van der Waals surface area contributed by atoms with Crippen LogP contribution in [0.4, 0.5) is 9.59 Å². The van der Waals surface area contributed by atoms with Crippen molar-refractivity contribution in [3.63, 3.8) is 0 Å². The molecule has 1 rings (SSSR count). The van der Waals surface area contributed by atoms with E-state index in [2.05, 4.69) is 12.2 Å². The molecule has 1 saturated heterocycles.